The lowest BCUT2D eigenvalue weighted by Crippen LogP contribution is -2.15. The number of anilines is 1. The Balaban J connectivity index is 1.78. The van der Waals surface area contributed by atoms with E-state index in [-0.39, 0.29) is 5.75 Å². The van der Waals surface area contributed by atoms with Crippen molar-refractivity contribution in [1.82, 2.24) is 9.97 Å². The van der Waals surface area contributed by atoms with Gasteiger partial charge in [-0.05, 0) is 29.8 Å². The third-order valence-corrected chi connectivity index (χ3v) is 4.73. The number of aromatic amines is 1. The first kappa shape index (κ1) is 15.6. The largest absolute Gasteiger partial charge is 0.345 e. The van der Waals surface area contributed by atoms with E-state index >= 15 is 0 Å². The molecule has 0 spiro atoms. The van der Waals surface area contributed by atoms with E-state index in [1.54, 1.807) is 55.0 Å². The molecule has 0 unspecified atom stereocenters. The van der Waals surface area contributed by atoms with Crippen molar-refractivity contribution >= 4 is 27.3 Å². The summed E-state index contributed by atoms with van der Waals surface area (Å²) in [5.74, 6) is -0.113. The normalized spacial score (nSPS) is 11.3. The number of halogens is 1. The highest BCUT2D eigenvalue weighted by Crippen LogP contribution is 2.21. The van der Waals surface area contributed by atoms with Crippen LogP contribution in [-0.4, -0.2) is 18.4 Å². The van der Waals surface area contributed by atoms with E-state index in [1.807, 2.05) is 6.07 Å². The molecule has 118 valence electrons. The average Bonchev–Trinajstić information content (AvgIpc) is 3.03. The number of nitrogens with zero attached hydrogens (tertiary/aromatic N) is 1. The Morgan fingerprint density at radius 2 is 1.91 bits per heavy atom. The molecule has 0 aliphatic carbocycles. The van der Waals surface area contributed by atoms with Gasteiger partial charge in [-0.1, -0.05) is 35.9 Å². The molecule has 1 heterocycles. The minimum absolute atomic E-state index is 0.113. The number of hydrogen-bond donors (Lipinski definition) is 2. The van der Waals surface area contributed by atoms with Gasteiger partial charge in [0.15, 0.2) is 0 Å². The Labute approximate surface area is 139 Å². The molecule has 3 rings (SSSR count). The third kappa shape index (κ3) is 4.12. The van der Waals surface area contributed by atoms with Gasteiger partial charge in [0.1, 0.15) is 0 Å². The molecule has 0 atom stereocenters. The van der Waals surface area contributed by atoms with Crippen molar-refractivity contribution in [3.05, 3.63) is 71.6 Å². The van der Waals surface area contributed by atoms with Crippen molar-refractivity contribution in [2.45, 2.75) is 5.75 Å². The predicted octanol–water partition coefficient (Wildman–Crippen LogP) is 3.67. The minimum Gasteiger partial charge on any atom is -0.345 e. The zero-order valence-electron chi connectivity index (χ0n) is 12.0. The van der Waals surface area contributed by atoms with Crippen molar-refractivity contribution < 1.29 is 8.42 Å². The van der Waals surface area contributed by atoms with Gasteiger partial charge >= 0.3 is 0 Å². The molecule has 0 aliphatic rings. The molecule has 0 amide bonds. The van der Waals surface area contributed by atoms with Crippen LogP contribution in [0.5, 0.6) is 0 Å². The lowest BCUT2D eigenvalue weighted by Gasteiger charge is -2.09. The van der Waals surface area contributed by atoms with E-state index in [4.69, 9.17) is 11.6 Å². The highest BCUT2D eigenvalue weighted by Gasteiger charge is 2.12. The van der Waals surface area contributed by atoms with Crippen LogP contribution in [0.3, 0.4) is 0 Å². The van der Waals surface area contributed by atoms with Crippen LogP contribution in [-0.2, 0) is 15.8 Å². The summed E-state index contributed by atoms with van der Waals surface area (Å²) in [6.45, 7) is 0. The number of sulfonamides is 1. The second kappa shape index (κ2) is 6.44. The first-order valence-electron chi connectivity index (χ1n) is 6.86. The highest BCUT2D eigenvalue weighted by molar-refractivity contribution is 7.91. The maximum absolute atomic E-state index is 12.3. The quantitative estimate of drug-likeness (QED) is 0.739. The molecule has 3 aromatic rings. The highest BCUT2D eigenvalue weighted by atomic mass is 35.5. The zero-order chi connectivity index (χ0) is 16.3. The smallest absolute Gasteiger partial charge is 0.236 e. The standard InChI is InChI=1S/C16H14ClN3O2S/c17-14-6-4-12(5-7-14)10-23(21,22)20-15-3-1-2-13(8-15)16-9-18-11-19-16/h1-9,11,20H,10H2,(H,18,19). The van der Waals surface area contributed by atoms with Crippen molar-refractivity contribution in [2.24, 2.45) is 0 Å². The molecule has 0 saturated carbocycles. The SMILES string of the molecule is O=S(=O)(Cc1ccc(Cl)cc1)Nc1cccc(-c2cnc[nH]2)c1. The van der Waals surface area contributed by atoms with Gasteiger partial charge in [-0.3, -0.25) is 4.72 Å². The molecule has 1 aromatic heterocycles. The number of hydrogen-bond acceptors (Lipinski definition) is 3. The van der Waals surface area contributed by atoms with Gasteiger partial charge in [0.2, 0.25) is 10.0 Å². The maximum atomic E-state index is 12.3. The van der Waals surface area contributed by atoms with Crippen LogP contribution in [0.4, 0.5) is 5.69 Å². The van der Waals surface area contributed by atoms with Crippen molar-refractivity contribution in [3.8, 4) is 11.3 Å². The summed E-state index contributed by atoms with van der Waals surface area (Å²) >= 11 is 5.81. The predicted molar refractivity (Wildman–Crippen MR) is 91.7 cm³/mol. The lowest BCUT2D eigenvalue weighted by molar-refractivity contribution is 0.600. The van der Waals surface area contributed by atoms with E-state index in [0.29, 0.717) is 16.3 Å². The number of nitrogens with one attached hydrogen (secondary N) is 2. The van der Waals surface area contributed by atoms with Gasteiger partial charge in [0, 0.05) is 16.3 Å². The van der Waals surface area contributed by atoms with Gasteiger partial charge < -0.3 is 4.98 Å². The van der Waals surface area contributed by atoms with Crippen molar-refractivity contribution in [1.29, 1.82) is 0 Å². The summed E-state index contributed by atoms with van der Waals surface area (Å²) < 4.78 is 27.2. The molecule has 0 saturated heterocycles. The van der Waals surface area contributed by atoms with Gasteiger partial charge in [0.25, 0.3) is 0 Å². The fraction of sp³-hybridized carbons (Fsp3) is 0.0625. The molecule has 5 nitrogen and oxygen atoms in total. The second-order valence-corrected chi connectivity index (χ2v) is 7.19. The summed E-state index contributed by atoms with van der Waals surface area (Å²) in [5, 5.41) is 0.575. The topological polar surface area (TPSA) is 74.8 Å². The number of imidazole rings is 1. The van der Waals surface area contributed by atoms with Gasteiger partial charge in [-0.2, -0.15) is 0 Å². The van der Waals surface area contributed by atoms with Crippen LogP contribution in [0, 0.1) is 0 Å². The molecular weight excluding hydrogens is 334 g/mol. The molecule has 2 N–H and O–H groups in total. The number of rotatable bonds is 5. The molecule has 0 fully saturated rings. The Morgan fingerprint density at radius 3 is 2.61 bits per heavy atom. The number of aromatic nitrogens is 2. The molecule has 7 heteroatoms. The molecule has 2 aromatic carbocycles. The van der Waals surface area contributed by atoms with Crippen LogP contribution in [0.2, 0.25) is 5.02 Å². The fourth-order valence-electron chi connectivity index (χ4n) is 2.18. The van der Waals surface area contributed by atoms with Gasteiger partial charge in [-0.25, -0.2) is 13.4 Å². The van der Waals surface area contributed by atoms with Crippen LogP contribution >= 0.6 is 11.6 Å². The Morgan fingerprint density at radius 1 is 1.13 bits per heavy atom. The van der Waals surface area contributed by atoms with E-state index in [9.17, 15) is 8.42 Å². The number of benzene rings is 2. The Kier molecular flexibility index (Phi) is 4.36. The minimum atomic E-state index is -3.51. The number of H-pyrrole nitrogens is 1. The molecular formula is C16H14ClN3O2S. The fourth-order valence-corrected chi connectivity index (χ4v) is 3.50. The molecule has 0 aliphatic heterocycles. The van der Waals surface area contributed by atoms with Crippen molar-refractivity contribution in [3.63, 3.8) is 0 Å². The summed E-state index contributed by atoms with van der Waals surface area (Å²) in [4.78, 5) is 6.95. The summed E-state index contributed by atoms with van der Waals surface area (Å²) in [7, 11) is -3.51. The molecule has 23 heavy (non-hydrogen) atoms. The lowest BCUT2D eigenvalue weighted by atomic mass is 10.1. The second-order valence-electron chi connectivity index (χ2n) is 5.03. The van der Waals surface area contributed by atoms with E-state index in [2.05, 4.69) is 14.7 Å². The van der Waals surface area contributed by atoms with Crippen LogP contribution in [0.15, 0.2) is 61.1 Å². The van der Waals surface area contributed by atoms with E-state index in [0.717, 1.165) is 11.3 Å². The first-order valence-corrected chi connectivity index (χ1v) is 8.89. The first-order chi connectivity index (χ1) is 11.0. The molecule has 0 radical (unpaired) electrons. The summed E-state index contributed by atoms with van der Waals surface area (Å²) in [6.07, 6.45) is 3.26. The van der Waals surface area contributed by atoms with E-state index in [1.165, 1.54) is 0 Å². The van der Waals surface area contributed by atoms with Crippen molar-refractivity contribution in [2.75, 3.05) is 4.72 Å². The monoisotopic (exact) mass is 347 g/mol. The van der Waals surface area contributed by atoms with Gasteiger partial charge in [-0.15, -0.1) is 0 Å². The van der Waals surface area contributed by atoms with Crippen LogP contribution in [0.25, 0.3) is 11.3 Å². The Hall–Kier alpha value is -2.31. The molecule has 0 bridgehead atoms. The third-order valence-electron chi connectivity index (χ3n) is 3.22. The average molecular weight is 348 g/mol. The summed E-state index contributed by atoms with van der Waals surface area (Å²) in [6, 6.07) is 13.9. The van der Waals surface area contributed by atoms with Crippen LogP contribution < -0.4 is 4.72 Å². The van der Waals surface area contributed by atoms with Crippen LogP contribution in [0.1, 0.15) is 5.56 Å². The zero-order valence-corrected chi connectivity index (χ0v) is 13.6. The summed E-state index contributed by atoms with van der Waals surface area (Å²) in [5.41, 5.74) is 2.86. The van der Waals surface area contributed by atoms with E-state index < -0.39 is 10.0 Å². The maximum Gasteiger partial charge on any atom is 0.236 e. The Bertz CT molecular complexity index is 891. The van der Waals surface area contributed by atoms with Gasteiger partial charge in [0.05, 0.1) is 24.0 Å².